The molecule has 0 fully saturated rings. The quantitative estimate of drug-likeness (QED) is 0.710. The van der Waals surface area contributed by atoms with Crippen molar-refractivity contribution in [3.05, 3.63) is 45.1 Å². The Morgan fingerprint density at radius 2 is 1.87 bits per heavy atom. The lowest BCUT2D eigenvalue weighted by Crippen LogP contribution is -2.10. The fourth-order valence-electron chi connectivity index (χ4n) is 3.32. The Bertz CT molecular complexity index is 926. The van der Waals surface area contributed by atoms with Gasteiger partial charge in [-0.1, -0.05) is 25.0 Å². The highest BCUT2D eigenvalue weighted by Crippen LogP contribution is 2.34. The molecule has 2 N–H and O–H groups in total. The lowest BCUT2D eigenvalue weighted by atomic mass is 9.98. The molecule has 1 aliphatic rings. The van der Waals surface area contributed by atoms with Gasteiger partial charge in [0.15, 0.2) is 0 Å². The van der Waals surface area contributed by atoms with Crippen LogP contribution in [0.5, 0.6) is 5.75 Å². The van der Waals surface area contributed by atoms with Gasteiger partial charge < -0.3 is 10.1 Å². The van der Waals surface area contributed by atoms with Crippen LogP contribution in [-0.2, 0) is 12.8 Å². The van der Waals surface area contributed by atoms with Crippen molar-refractivity contribution in [2.75, 3.05) is 0 Å². The highest BCUT2D eigenvalue weighted by molar-refractivity contribution is 7.18. The molecule has 0 aliphatic heterocycles. The van der Waals surface area contributed by atoms with Crippen LogP contribution in [0.1, 0.15) is 36.1 Å². The van der Waals surface area contributed by atoms with E-state index in [-0.39, 0.29) is 11.3 Å². The largest absolute Gasteiger partial charge is 0.507 e. The molecule has 0 unspecified atom stereocenters. The van der Waals surface area contributed by atoms with Crippen LogP contribution in [0.15, 0.2) is 29.1 Å². The van der Waals surface area contributed by atoms with Crippen molar-refractivity contribution in [2.45, 2.75) is 38.5 Å². The number of fused-ring (bicyclic) bond motifs is 3. The molecule has 4 rings (SSSR count). The van der Waals surface area contributed by atoms with Crippen LogP contribution in [0, 0.1) is 0 Å². The van der Waals surface area contributed by atoms with Crippen molar-refractivity contribution in [1.29, 1.82) is 0 Å². The average Bonchev–Trinajstić information content (AvgIpc) is 2.85. The second-order valence-corrected chi connectivity index (χ2v) is 7.11. The summed E-state index contributed by atoms with van der Waals surface area (Å²) in [6, 6.07) is 6.95. The Balaban J connectivity index is 1.92. The van der Waals surface area contributed by atoms with Crippen LogP contribution < -0.4 is 5.56 Å². The third kappa shape index (κ3) is 2.55. The first-order valence-corrected chi connectivity index (χ1v) is 8.88. The topological polar surface area (TPSA) is 66.0 Å². The third-order valence-electron chi connectivity index (χ3n) is 4.48. The number of nitrogens with zero attached hydrogens (tertiary/aromatic N) is 1. The second kappa shape index (κ2) is 5.81. The summed E-state index contributed by atoms with van der Waals surface area (Å²) in [5.41, 5.74) is 1.67. The maximum Gasteiger partial charge on any atom is 0.260 e. The summed E-state index contributed by atoms with van der Waals surface area (Å²) in [6.45, 7) is 0. The molecule has 0 atom stereocenters. The molecule has 2 aromatic heterocycles. The minimum atomic E-state index is -0.0914. The number of phenols is 1. The minimum absolute atomic E-state index is 0.0914. The predicted molar refractivity (Wildman–Crippen MR) is 93.2 cm³/mol. The first-order valence-electron chi connectivity index (χ1n) is 8.07. The molecule has 5 heteroatoms. The SMILES string of the molecule is O=c1[nH]c(-c2ccccc2O)nc2sc3c(c12)CCCCCC3. The summed E-state index contributed by atoms with van der Waals surface area (Å²) < 4.78 is 0. The predicted octanol–water partition coefficient (Wildman–Crippen LogP) is 4.02. The Morgan fingerprint density at radius 1 is 1.09 bits per heavy atom. The van der Waals surface area contributed by atoms with Crippen LogP contribution in [0.25, 0.3) is 21.6 Å². The number of aromatic hydroxyl groups is 1. The van der Waals surface area contributed by atoms with Gasteiger partial charge in [-0.15, -0.1) is 11.3 Å². The van der Waals surface area contributed by atoms with E-state index in [1.165, 1.54) is 29.7 Å². The Hall–Kier alpha value is -2.14. The number of hydrogen-bond donors (Lipinski definition) is 2. The van der Waals surface area contributed by atoms with Crippen LogP contribution in [0.3, 0.4) is 0 Å². The fourth-order valence-corrected chi connectivity index (χ4v) is 4.58. The average molecular weight is 326 g/mol. The number of rotatable bonds is 1. The fraction of sp³-hybridized carbons (Fsp3) is 0.333. The zero-order valence-corrected chi connectivity index (χ0v) is 13.6. The van der Waals surface area contributed by atoms with Crippen molar-refractivity contribution >= 4 is 21.6 Å². The first-order chi connectivity index (χ1) is 11.2. The first kappa shape index (κ1) is 14.5. The van der Waals surface area contributed by atoms with Crippen molar-refractivity contribution in [3.63, 3.8) is 0 Å². The zero-order valence-electron chi connectivity index (χ0n) is 12.8. The van der Waals surface area contributed by atoms with Crippen LogP contribution in [0.2, 0.25) is 0 Å². The minimum Gasteiger partial charge on any atom is -0.507 e. The number of H-pyrrole nitrogens is 1. The molecule has 0 radical (unpaired) electrons. The van der Waals surface area contributed by atoms with E-state index in [1.54, 1.807) is 29.5 Å². The monoisotopic (exact) mass is 326 g/mol. The standard InChI is InChI=1S/C18H18N2O2S/c21-13-9-6-5-7-11(13)16-19-17(22)15-12-8-3-1-2-4-10-14(12)23-18(15)20-16/h5-7,9,21H,1-4,8,10H2,(H,19,20,22). The smallest absolute Gasteiger partial charge is 0.260 e. The summed E-state index contributed by atoms with van der Waals surface area (Å²) in [5, 5.41) is 10.8. The van der Waals surface area contributed by atoms with Gasteiger partial charge in [0.05, 0.1) is 10.9 Å². The van der Waals surface area contributed by atoms with Crippen LogP contribution >= 0.6 is 11.3 Å². The van der Waals surface area contributed by atoms with Gasteiger partial charge in [0.2, 0.25) is 0 Å². The van der Waals surface area contributed by atoms with Crippen molar-refractivity contribution in [3.8, 4) is 17.1 Å². The number of aromatic nitrogens is 2. The molecule has 3 aromatic rings. The second-order valence-electron chi connectivity index (χ2n) is 6.03. The number of aromatic amines is 1. The summed E-state index contributed by atoms with van der Waals surface area (Å²) in [6.07, 6.45) is 6.83. The molecule has 118 valence electrons. The summed E-state index contributed by atoms with van der Waals surface area (Å²) in [4.78, 5) is 22.2. The molecule has 1 aliphatic carbocycles. The van der Waals surface area contributed by atoms with E-state index in [9.17, 15) is 9.90 Å². The number of hydrogen-bond acceptors (Lipinski definition) is 4. The normalized spacial score (nSPS) is 15.1. The van der Waals surface area contributed by atoms with Crippen LogP contribution in [0.4, 0.5) is 0 Å². The number of thiophene rings is 1. The third-order valence-corrected chi connectivity index (χ3v) is 5.67. The van der Waals surface area contributed by atoms with E-state index in [4.69, 9.17) is 0 Å². The van der Waals surface area contributed by atoms with E-state index in [2.05, 4.69) is 9.97 Å². The highest BCUT2D eigenvalue weighted by atomic mass is 32.1. The zero-order chi connectivity index (χ0) is 15.8. The number of phenolic OH excluding ortho intramolecular Hbond substituents is 1. The molecule has 4 nitrogen and oxygen atoms in total. The Morgan fingerprint density at radius 3 is 2.70 bits per heavy atom. The van der Waals surface area contributed by atoms with Gasteiger partial charge in [0, 0.05) is 4.88 Å². The van der Waals surface area contributed by atoms with E-state index in [1.807, 2.05) is 6.07 Å². The van der Waals surface area contributed by atoms with E-state index < -0.39 is 0 Å². The van der Waals surface area contributed by atoms with Gasteiger partial charge in [-0.25, -0.2) is 4.98 Å². The molecule has 0 bridgehead atoms. The van der Waals surface area contributed by atoms with Crippen LogP contribution in [-0.4, -0.2) is 15.1 Å². The van der Waals surface area contributed by atoms with Gasteiger partial charge in [-0.05, 0) is 43.4 Å². The molecule has 0 amide bonds. The van der Waals surface area contributed by atoms with Gasteiger partial charge in [0.1, 0.15) is 16.4 Å². The van der Waals surface area contributed by atoms with Crippen molar-refractivity contribution < 1.29 is 5.11 Å². The molecule has 1 aromatic carbocycles. The Kier molecular flexibility index (Phi) is 3.65. The summed E-state index contributed by atoms with van der Waals surface area (Å²) >= 11 is 1.64. The number of aryl methyl sites for hydroxylation is 2. The van der Waals surface area contributed by atoms with Gasteiger partial charge in [-0.2, -0.15) is 0 Å². The van der Waals surface area contributed by atoms with Crippen molar-refractivity contribution in [2.24, 2.45) is 0 Å². The van der Waals surface area contributed by atoms with E-state index >= 15 is 0 Å². The highest BCUT2D eigenvalue weighted by Gasteiger charge is 2.19. The van der Waals surface area contributed by atoms with Gasteiger partial charge in [0.25, 0.3) is 5.56 Å². The molecular formula is C18H18N2O2S. The molecular weight excluding hydrogens is 308 g/mol. The maximum absolute atomic E-state index is 12.6. The lowest BCUT2D eigenvalue weighted by Gasteiger charge is -2.08. The molecule has 2 heterocycles. The van der Waals surface area contributed by atoms with Crippen molar-refractivity contribution in [1.82, 2.24) is 9.97 Å². The van der Waals surface area contributed by atoms with Gasteiger partial charge in [-0.3, -0.25) is 4.79 Å². The van der Waals surface area contributed by atoms with E-state index in [0.29, 0.717) is 11.4 Å². The van der Waals surface area contributed by atoms with Gasteiger partial charge >= 0.3 is 0 Å². The van der Waals surface area contributed by atoms with E-state index in [0.717, 1.165) is 29.5 Å². The number of para-hydroxylation sites is 1. The summed E-state index contributed by atoms with van der Waals surface area (Å²) in [5.74, 6) is 0.569. The number of nitrogens with one attached hydrogen (secondary N) is 1. The molecule has 0 saturated heterocycles. The molecule has 23 heavy (non-hydrogen) atoms. The maximum atomic E-state index is 12.6. The summed E-state index contributed by atoms with van der Waals surface area (Å²) in [7, 11) is 0. The Labute approximate surface area is 137 Å². The lowest BCUT2D eigenvalue weighted by molar-refractivity contribution is 0.477. The number of benzene rings is 1. The molecule has 0 saturated carbocycles. The molecule has 0 spiro atoms.